The van der Waals surface area contributed by atoms with Crippen LogP contribution in [-0.2, 0) is 0 Å². The molecule has 0 bridgehead atoms. The molecule has 58 heavy (non-hydrogen) atoms. The Morgan fingerprint density at radius 1 is 0.293 bits per heavy atom. The fourth-order valence-corrected chi connectivity index (χ4v) is 8.21. The highest BCUT2D eigenvalue weighted by atomic mass is 16.3. The molecule has 1 N–H and O–H groups in total. The number of hydrogen-bond donors (Lipinski definition) is 1. The number of furan rings is 2. The van der Waals surface area contributed by atoms with Gasteiger partial charge in [-0.3, -0.25) is 0 Å². The molecule has 0 aliphatic carbocycles. The molecular formula is C54H36N2O2. The molecule has 0 spiro atoms. The van der Waals surface area contributed by atoms with Crippen LogP contribution in [0, 0.1) is 0 Å². The average molecular weight is 745 g/mol. The SMILES string of the molecule is c1ccc(N(c2ccc(-c3ccc(Nc4ccc(-c5cccc6c5oc5ccccc56)cc4)cc3)cc2)c2ccc(-c3cccc4c3oc3ccccc34)cc2)cc1. The molecule has 0 saturated heterocycles. The van der Waals surface area contributed by atoms with E-state index in [1.54, 1.807) is 0 Å². The van der Waals surface area contributed by atoms with Gasteiger partial charge in [-0.2, -0.15) is 0 Å². The minimum Gasteiger partial charge on any atom is -0.455 e. The topological polar surface area (TPSA) is 41.5 Å². The van der Waals surface area contributed by atoms with E-state index in [1.165, 1.54) is 0 Å². The molecule has 0 aliphatic rings. The van der Waals surface area contributed by atoms with Crippen LogP contribution in [0.4, 0.5) is 28.4 Å². The predicted molar refractivity (Wildman–Crippen MR) is 242 cm³/mol. The summed E-state index contributed by atoms with van der Waals surface area (Å²) in [6, 6.07) is 74.4. The molecule has 4 heteroatoms. The monoisotopic (exact) mass is 744 g/mol. The van der Waals surface area contributed by atoms with Crippen molar-refractivity contribution in [2.75, 3.05) is 10.2 Å². The van der Waals surface area contributed by atoms with Crippen molar-refractivity contribution in [2.45, 2.75) is 0 Å². The van der Waals surface area contributed by atoms with E-state index in [1.807, 2.05) is 24.3 Å². The molecule has 0 unspecified atom stereocenters. The van der Waals surface area contributed by atoms with Crippen LogP contribution in [0.25, 0.3) is 77.3 Å². The van der Waals surface area contributed by atoms with Crippen LogP contribution in [0.2, 0.25) is 0 Å². The summed E-state index contributed by atoms with van der Waals surface area (Å²) < 4.78 is 12.6. The second-order valence-electron chi connectivity index (χ2n) is 14.6. The van der Waals surface area contributed by atoms with Gasteiger partial charge in [0.15, 0.2) is 0 Å². The van der Waals surface area contributed by atoms with Crippen molar-refractivity contribution >= 4 is 72.3 Å². The van der Waals surface area contributed by atoms with Gasteiger partial charge in [0.2, 0.25) is 0 Å². The summed E-state index contributed by atoms with van der Waals surface area (Å²) in [4.78, 5) is 2.30. The Kier molecular flexibility index (Phi) is 8.11. The van der Waals surface area contributed by atoms with Crippen molar-refractivity contribution in [3.8, 4) is 33.4 Å². The Labute approximate surface area is 335 Å². The predicted octanol–water partition coefficient (Wildman–Crippen LogP) is 15.7. The van der Waals surface area contributed by atoms with Crippen LogP contribution in [0.5, 0.6) is 0 Å². The Bertz CT molecular complexity index is 3220. The van der Waals surface area contributed by atoms with Crippen molar-refractivity contribution in [3.05, 3.63) is 212 Å². The first-order valence-corrected chi connectivity index (χ1v) is 19.6. The highest BCUT2D eigenvalue weighted by Gasteiger charge is 2.16. The maximum Gasteiger partial charge on any atom is 0.143 e. The molecule has 11 rings (SSSR count). The number of hydrogen-bond acceptors (Lipinski definition) is 4. The lowest BCUT2D eigenvalue weighted by molar-refractivity contribution is 0.669. The van der Waals surface area contributed by atoms with Crippen molar-refractivity contribution in [1.82, 2.24) is 0 Å². The minimum atomic E-state index is 0.906. The third kappa shape index (κ3) is 5.96. The lowest BCUT2D eigenvalue weighted by Crippen LogP contribution is -2.09. The van der Waals surface area contributed by atoms with Gasteiger partial charge in [0, 0.05) is 61.1 Å². The lowest BCUT2D eigenvalue weighted by Gasteiger charge is -2.26. The van der Waals surface area contributed by atoms with Crippen molar-refractivity contribution in [2.24, 2.45) is 0 Å². The second-order valence-corrected chi connectivity index (χ2v) is 14.6. The molecule has 274 valence electrons. The molecule has 11 aromatic rings. The van der Waals surface area contributed by atoms with E-state index >= 15 is 0 Å². The van der Waals surface area contributed by atoms with Gasteiger partial charge in [-0.15, -0.1) is 0 Å². The highest BCUT2D eigenvalue weighted by Crippen LogP contribution is 2.40. The zero-order valence-electron chi connectivity index (χ0n) is 31.5. The summed E-state index contributed by atoms with van der Waals surface area (Å²) in [5.41, 5.74) is 15.7. The maximum atomic E-state index is 6.35. The molecule has 0 amide bonds. The summed E-state index contributed by atoms with van der Waals surface area (Å²) in [6.45, 7) is 0. The highest BCUT2D eigenvalue weighted by molar-refractivity contribution is 6.10. The Morgan fingerprint density at radius 2 is 0.672 bits per heavy atom. The Balaban J connectivity index is 0.824. The van der Waals surface area contributed by atoms with E-state index in [0.29, 0.717) is 0 Å². The largest absolute Gasteiger partial charge is 0.455 e. The van der Waals surface area contributed by atoms with Crippen LogP contribution < -0.4 is 10.2 Å². The number of para-hydroxylation sites is 5. The average Bonchev–Trinajstić information content (AvgIpc) is 3.87. The number of anilines is 5. The number of benzene rings is 9. The molecule has 0 saturated carbocycles. The number of nitrogens with one attached hydrogen (secondary N) is 1. The van der Waals surface area contributed by atoms with Gasteiger partial charge >= 0.3 is 0 Å². The fraction of sp³-hybridized carbons (Fsp3) is 0. The summed E-state index contributed by atoms with van der Waals surface area (Å²) in [6.07, 6.45) is 0. The van der Waals surface area contributed by atoms with Gasteiger partial charge in [-0.25, -0.2) is 0 Å². The van der Waals surface area contributed by atoms with Crippen LogP contribution in [-0.4, -0.2) is 0 Å². The molecule has 0 fully saturated rings. The lowest BCUT2D eigenvalue weighted by atomic mass is 10.0. The molecule has 2 aromatic heterocycles. The summed E-state index contributed by atoms with van der Waals surface area (Å²) >= 11 is 0. The van der Waals surface area contributed by atoms with Crippen molar-refractivity contribution in [1.29, 1.82) is 0 Å². The van der Waals surface area contributed by atoms with Crippen LogP contribution in [0.1, 0.15) is 0 Å². The third-order valence-electron chi connectivity index (χ3n) is 11.1. The molecule has 0 radical (unpaired) electrons. The zero-order chi connectivity index (χ0) is 38.4. The summed E-state index contributed by atoms with van der Waals surface area (Å²) in [5.74, 6) is 0. The van der Waals surface area contributed by atoms with Gasteiger partial charge in [0.1, 0.15) is 22.3 Å². The first kappa shape index (κ1) is 33.5. The minimum absolute atomic E-state index is 0.906. The van der Waals surface area contributed by atoms with E-state index in [4.69, 9.17) is 8.83 Å². The van der Waals surface area contributed by atoms with E-state index < -0.39 is 0 Å². The maximum absolute atomic E-state index is 6.35. The normalized spacial score (nSPS) is 11.4. The Hall–Kier alpha value is -7.82. The second kappa shape index (κ2) is 14.0. The van der Waals surface area contributed by atoms with Crippen molar-refractivity contribution < 1.29 is 8.83 Å². The molecule has 0 aliphatic heterocycles. The number of nitrogens with zero attached hydrogens (tertiary/aromatic N) is 1. The van der Waals surface area contributed by atoms with Gasteiger partial charge in [-0.05, 0) is 95.1 Å². The van der Waals surface area contributed by atoms with Gasteiger partial charge in [0.05, 0.1) is 0 Å². The first-order valence-electron chi connectivity index (χ1n) is 19.6. The van der Waals surface area contributed by atoms with E-state index in [0.717, 1.165) is 106 Å². The van der Waals surface area contributed by atoms with Crippen LogP contribution in [0.3, 0.4) is 0 Å². The molecule has 9 aromatic carbocycles. The molecular weight excluding hydrogens is 709 g/mol. The van der Waals surface area contributed by atoms with Gasteiger partial charge in [-0.1, -0.05) is 140 Å². The quantitative estimate of drug-likeness (QED) is 0.168. The summed E-state index contributed by atoms with van der Waals surface area (Å²) in [7, 11) is 0. The van der Waals surface area contributed by atoms with E-state index in [-0.39, 0.29) is 0 Å². The van der Waals surface area contributed by atoms with E-state index in [9.17, 15) is 0 Å². The third-order valence-corrected chi connectivity index (χ3v) is 11.1. The zero-order valence-corrected chi connectivity index (χ0v) is 31.5. The number of rotatable bonds is 8. The van der Waals surface area contributed by atoms with Crippen molar-refractivity contribution in [3.63, 3.8) is 0 Å². The first-order chi connectivity index (χ1) is 28.7. The van der Waals surface area contributed by atoms with Crippen LogP contribution >= 0.6 is 0 Å². The molecule has 4 nitrogen and oxygen atoms in total. The Morgan fingerprint density at radius 3 is 1.17 bits per heavy atom. The fourth-order valence-electron chi connectivity index (χ4n) is 8.21. The number of fused-ring (bicyclic) bond motifs is 6. The molecule has 2 heterocycles. The van der Waals surface area contributed by atoms with E-state index in [2.05, 4.69) is 198 Å². The summed E-state index contributed by atoms with van der Waals surface area (Å²) in [5, 5.41) is 8.12. The molecule has 0 atom stereocenters. The van der Waals surface area contributed by atoms with Crippen LogP contribution in [0.15, 0.2) is 221 Å². The smallest absolute Gasteiger partial charge is 0.143 e. The van der Waals surface area contributed by atoms with Gasteiger partial charge < -0.3 is 19.1 Å². The van der Waals surface area contributed by atoms with Gasteiger partial charge in [0.25, 0.3) is 0 Å². The standard InChI is InChI=1S/C54H36N2O2/c1-2-10-42(11-3-1)56(44-34-26-39(27-35-44)46-15-9-17-50-48-13-5-7-19-52(48)58-54(46)50)43-32-24-37(25-33-43)36-20-28-40(29-21-36)55-41-30-22-38(23-31-41)45-14-8-16-49-47-12-4-6-18-51(47)57-53(45)49/h1-35,55H.